The normalized spacial score (nSPS) is 19.4. The number of sulfonamides is 1. The molecular weight excluding hydrogens is 467 g/mol. The molecule has 7 nitrogen and oxygen atoms in total. The number of piperidine rings is 1. The molecule has 1 aliphatic heterocycles. The predicted molar refractivity (Wildman–Crippen MR) is 123 cm³/mol. The number of amides is 1. The highest BCUT2D eigenvalue weighted by Gasteiger charge is 2.34. The molecule has 1 aromatic heterocycles. The van der Waals surface area contributed by atoms with Gasteiger partial charge in [-0.1, -0.05) is 6.42 Å². The summed E-state index contributed by atoms with van der Waals surface area (Å²) in [6.45, 7) is 0.328. The van der Waals surface area contributed by atoms with Crippen molar-refractivity contribution in [3.8, 4) is 0 Å². The maximum Gasteiger partial charge on any atom is 0.341 e. The van der Waals surface area contributed by atoms with Gasteiger partial charge in [0.25, 0.3) is 0 Å². The van der Waals surface area contributed by atoms with E-state index in [0.29, 0.717) is 30.0 Å². The van der Waals surface area contributed by atoms with Crippen LogP contribution >= 0.6 is 11.3 Å². The molecule has 1 aromatic carbocycles. The molecule has 1 aliphatic carbocycles. The summed E-state index contributed by atoms with van der Waals surface area (Å²) in [5.74, 6) is -1.84. The number of nitrogens with zero attached hydrogens (tertiary/aromatic N) is 1. The Kier molecular flexibility index (Phi) is 7.16. The van der Waals surface area contributed by atoms with Gasteiger partial charge < -0.3 is 10.1 Å². The Morgan fingerprint density at radius 3 is 2.58 bits per heavy atom. The zero-order valence-electron chi connectivity index (χ0n) is 18.4. The summed E-state index contributed by atoms with van der Waals surface area (Å²) in [6, 6.07) is 4.68. The fourth-order valence-corrected chi connectivity index (χ4v) is 7.30. The Labute approximate surface area is 197 Å². The van der Waals surface area contributed by atoms with Crippen molar-refractivity contribution in [3.05, 3.63) is 46.1 Å². The topological polar surface area (TPSA) is 92.8 Å². The van der Waals surface area contributed by atoms with Gasteiger partial charge in [-0.2, -0.15) is 4.31 Å². The van der Waals surface area contributed by atoms with Crippen LogP contribution < -0.4 is 5.32 Å². The first-order valence-electron chi connectivity index (χ1n) is 11.1. The van der Waals surface area contributed by atoms with Crippen molar-refractivity contribution < 1.29 is 27.1 Å². The van der Waals surface area contributed by atoms with E-state index >= 15 is 0 Å². The zero-order valence-corrected chi connectivity index (χ0v) is 20.1. The van der Waals surface area contributed by atoms with Gasteiger partial charge in [-0.3, -0.25) is 4.79 Å². The second-order valence-corrected chi connectivity index (χ2v) is 11.4. The van der Waals surface area contributed by atoms with E-state index in [-0.39, 0.29) is 17.3 Å². The highest BCUT2D eigenvalue weighted by Crippen LogP contribution is 2.38. The van der Waals surface area contributed by atoms with E-state index in [1.807, 2.05) is 0 Å². The molecule has 0 spiro atoms. The van der Waals surface area contributed by atoms with Gasteiger partial charge in [-0.25, -0.2) is 17.6 Å². The molecule has 1 saturated heterocycles. The maximum absolute atomic E-state index is 13.2. The van der Waals surface area contributed by atoms with Gasteiger partial charge in [0, 0.05) is 18.0 Å². The van der Waals surface area contributed by atoms with Crippen LogP contribution in [0.5, 0.6) is 0 Å². The van der Waals surface area contributed by atoms with Crippen LogP contribution in [0.4, 0.5) is 9.39 Å². The fourth-order valence-electron chi connectivity index (χ4n) is 4.49. The van der Waals surface area contributed by atoms with Crippen molar-refractivity contribution in [3.63, 3.8) is 0 Å². The molecule has 0 radical (unpaired) electrons. The molecule has 4 rings (SSSR count). The zero-order chi connectivity index (χ0) is 23.6. The first-order valence-corrected chi connectivity index (χ1v) is 13.4. The van der Waals surface area contributed by atoms with Crippen LogP contribution in [0.15, 0.2) is 29.2 Å². The van der Waals surface area contributed by atoms with E-state index in [9.17, 15) is 22.4 Å². The van der Waals surface area contributed by atoms with Crippen LogP contribution in [0.3, 0.4) is 0 Å². The van der Waals surface area contributed by atoms with Crippen molar-refractivity contribution in [1.29, 1.82) is 0 Å². The number of ether oxygens (including phenoxy) is 1. The van der Waals surface area contributed by atoms with Crippen LogP contribution in [0.2, 0.25) is 0 Å². The van der Waals surface area contributed by atoms with E-state index < -0.39 is 27.7 Å². The molecule has 33 heavy (non-hydrogen) atoms. The number of esters is 1. The minimum atomic E-state index is -3.83. The third-order valence-corrected chi connectivity index (χ3v) is 9.34. The summed E-state index contributed by atoms with van der Waals surface area (Å²) in [5, 5.41) is 3.38. The number of carbonyl (C=O) groups is 2. The highest BCUT2D eigenvalue weighted by atomic mass is 32.2. The van der Waals surface area contributed by atoms with Crippen LogP contribution in [-0.4, -0.2) is 44.8 Å². The number of rotatable bonds is 5. The molecule has 1 amide bonds. The van der Waals surface area contributed by atoms with Gasteiger partial charge in [0.2, 0.25) is 15.9 Å². The minimum absolute atomic E-state index is 0.0000623. The van der Waals surface area contributed by atoms with Gasteiger partial charge in [0.15, 0.2) is 0 Å². The summed E-state index contributed by atoms with van der Waals surface area (Å²) in [7, 11) is -2.51. The first kappa shape index (κ1) is 23.8. The number of methoxy groups -OCH3 is 1. The molecule has 1 fully saturated rings. The Morgan fingerprint density at radius 2 is 1.85 bits per heavy atom. The molecule has 1 atom stereocenters. The number of carbonyl (C=O) groups excluding carboxylic acids is 2. The Balaban J connectivity index is 1.53. The van der Waals surface area contributed by atoms with Crippen molar-refractivity contribution >= 4 is 38.2 Å². The Bertz CT molecular complexity index is 1140. The highest BCUT2D eigenvalue weighted by molar-refractivity contribution is 7.89. The Morgan fingerprint density at radius 1 is 1.12 bits per heavy atom. The lowest BCUT2D eigenvalue weighted by Gasteiger charge is -2.31. The molecule has 1 unspecified atom stereocenters. The molecule has 2 aromatic rings. The van der Waals surface area contributed by atoms with Gasteiger partial charge in [-0.05, 0) is 68.4 Å². The van der Waals surface area contributed by atoms with Gasteiger partial charge in [0.1, 0.15) is 10.8 Å². The maximum atomic E-state index is 13.2. The number of nitrogens with one attached hydrogen (secondary N) is 1. The second-order valence-electron chi connectivity index (χ2n) is 8.41. The summed E-state index contributed by atoms with van der Waals surface area (Å²) >= 11 is 1.42. The summed E-state index contributed by atoms with van der Waals surface area (Å²) in [4.78, 5) is 26.8. The van der Waals surface area contributed by atoms with Crippen molar-refractivity contribution in [2.75, 3.05) is 25.5 Å². The molecule has 2 aliphatic rings. The standard InChI is InChI=1S/C23H27FN2O5S2/c1-31-23(28)20-18-7-3-2-4-8-19(18)32-22(20)25-21(27)15-6-5-13-26(14-15)33(29,30)17-11-9-16(24)10-12-17/h9-12,15H,2-8,13-14H2,1H3,(H,25,27). The molecule has 0 bridgehead atoms. The van der Waals surface area contributed by atoms with Crippen molar-refractivity contribution in [2.45, 2.75) is 49.8 Å². The number of hydrogen-bond acceptors (Lipinski definition) is 6. The summed E-state index contributed by atoms with van der Waals surface area (Å²) in [6.07, 6.45) is 5.85. The van der Waals surface area contributed by atoms with E-state index in [2.05, 4.69) is 5.32 Å². The van der Waals surface area contributed by atoms with Crippen LogP contribution in [0, 0.1) is 11.7 Å². The second kappa shape index (κ2) is 9.90. The lowest BCUT2D eigenvalue weighted by molar-refractivity contribution is -0.120. The number of anilines is 1. The molecule has 178 valence electrons. The van der Waals surface area contributed by atoms with Crippen molar-refractivity contribution in [2.24, 2.45) is 5.92 Å². The lowest BCUT2D eigenvalue weighted by Crippen LogP contribution is -2.43. The monoisotopic (exact) mass is 494 g/mol. The summed E-state index contributed by atoms with van der Waals surface area (Å²) in [5.41, 5.74) is 1.39. The number of benzene rings is 1. The third kappa shape index (κ3) is 4.97. The van der Waals surface area contributed by atoms with Crippen LogP contribution in [0.1, 0.15) is 52.9 Å². The number of thiophene rings is 1. The number of fused-ring (bicyclic) bond motifs is 1. The molecular formula is C23H27FN2O5S2. The van der Waals surface area contributed by atoms with Gasteiger partial charge >= 0.3 is 5.97 Å². The van der Waals surface area contributed by atoms with E-state index in [1.165, 1.54) is 34.9 Å². The third-order valence-electron chi connectivity index (χ3n) is 6.25. The molecule has 10 heteroatoms. The first-order chi connectivity index (χ1) is 15.8. The lowest BCUT2D eigenvalue weighted by atomic mass is 9.98. The molecule has 2 heterocycles. The number of aryl methyl sites for hydroxylation is 1. The average molecular weight is 495 g/mol. The SMILES string of the molecule is COC(=O)c1c(NC(=O)C2CCCN(S(=O)(=O)c3ccc(F)cc3)C2)sc2c1CCCCC2. The van der Waals surface area contributed by atoms with Crippen molar-refractivity contribution in [1.82, 2.24) is 4.31 Å². The van der Waals surface area contributed by atoms with Crippen LogP contribution in [-0.2, 0) is 32.4 Å². The van der Waals surface area contributed by atoms with Crippen LogP contribution in [0.25, 0.3) is 0 Å². The smallest absolute Gasteiger partial charge is 0.341 e. The Hall–Kier alpha value is -2.30. The van der Waals surface area contributed by atoms with Gasteiger partial charge in [-0.15, -0.1) is 11.3 Å². The predicted octanol–water partition coefficient (Wildman–Crippen LogP) is 3.98. The number of hydrogen-bond donors (Lipinski definition) is 1. The quantitative estimate of drug-likeness (QED) is 0.501. The van der Waals surface area contributed by atoms with E-state index in [4.69, 9.17) is 4.74 Å². The number of halogens is 1. The van der Waals surface area contributed by atoms with E-state index in [1.54, 1.807) is 0 Å². The molecule has 1 N–H and O–H groups in total. The minimum Gasteiger partial charge on any atom is -0.465 e. The summed E-state index contributed by atoms with van der Waals surface area (Å²) < 4.78 is 45.5. The largest absolute Gasteiger partial charge is 0.465 e. The molecule has 0 saturated carbocycles. The van der Waals surface area contributed by atoms with E-state index in [0.717, 1.165) is 54.7 Å². The average Bonchev–Trinajstić information content (AvgIpc) is 2.98. The van der Waals surface area contributed by atoms with Gasteiger partial charge in [0.05, 0.1) is 23.5 Å². The fraction of sp³-hybridized carbons (Fsp3) is 0.478.